The van der Waals surface area contributed by atoms with Gasteiger partial charge in [-0.05, 0) is 24.1 Å². The van der Waals surface area contributed by atoms with Crippen LogP contribution in [0.3, 0.4) is 0 Å². The van der Waals surface area contributed by atoms with Gasteiger partial charge in [0.15, 0.2) is 6.04 Å². The molecule has 0 fully saturated rings. The summed E-state index contributed by atoms with van der Waals surface area (Å²) in [7, 11) is 0. The molecule has 108 valence electrons. The van der Waals surface area contributed by atoms with Gasteiger partial charge in [-0.3, -0.25) is 9.78 Å². The number of aromatic nitrogens is 1. The van der Waals surface area contributed by atoms with E-state index in [1.807, 2.05) is 12.1 Å². The first-order valence-corrected chi connectivity index (χ1v) is 6.64. The number of hydrogen-bond donors (Lipinski definition) is 2. The lowest BCUT2D eigenvalue weighted by molar-refractivity contribution is -0.142. The molecule has 2 rings (SSSR count). The highest BCUT2D eigenvalue weighted by Gasteiger charge is 2.21. The lowest BCUT2D eigenvalue weighted by atomic mass is 10.1. The molecule has 0 saturated heterocycles. The van der Waals surface area contributed by atoms with Gasteiger partial charge < -0.3 is 10.4 Å². The van der Waals surface area contributed by atoms with E-state index >= 15 is 0 Å². The molecule has 2 N–H and O–H groups in total. The molecule has 1 aromatic heterocycles. The van der Waals surface area contributed by atoms with Crippen LogP contribution in [-0.4, -0.2) is 22.0 Å². The van der Waals surface area contributed by atoms with Crippen molar-refractivity contribution in [2.45, 2.75) is 18.9 Å². The lowest BCUT2D eigenvalue weighted by Crippen LogP contribution is -2.33. The molecule has 0 unspecified atom stereocenters. The van der Waals surface area contributed by atoms with E-state index < -0.39 is 12.0 Å². The highest BCUT2D eigenvalue weighted by Crippen LogP contribution is 2.13. The van der Waals surface area contributed by atoms with Gasteiger partial charge in [0.05, 0.1) is 0 Å². The Kier molecular flexibility index (Phi) is 5.04. The first kappa shape index (κ1) is 14.7. The third-order valence-electron chi connectivity index (χ3n) is 3.02. The summed E-state index contributed by atoms with van der Waals surface area (Å²) < 4.78 is 0. The van der Waals surface area contributed by atoms with Crippen LogP contribution in [0.4, 0.5) is 0 Å². The predicted molar refractivity (Wildman–Crippen MR) is 77.5 cm³/mol. The number of nitrogens with one attached hydrogen (secondary N) is 1. The summed E-state index contributed by atoms with van der Waals surface area (Å²) in [6.07, 6.45) is 2.35. The van der Waals surface area contributed by atoms with Crippen molar-refractivity contribution >= 4 is 11.9 Å². The van der Waals surface area contributed by atoms with Gasteiger partial charge in [0.1, 0.15) is 0 Å². The van der Waals surface area contributed by atoms with Crippen LogP contribution in [0.15, 0.2) is 54.7 Å². The van der Waals surface area contributed by atoms with Gasteiger partial charge in [-0.25, -0.2) is 4.79 Å². The SMILES string of the molecule is O=C(CCc1ccccn1)N[C@H](C(=O)O)c1ccccc1. The molecule has 5 nitrogen and oxygen atoms in total. The Labute approximate surface area is 122 Å². The zero-order chi connectivity index (χ0) is 15.1. The van der Waals surface area contributed by atoms with Gasteiger partial charge in [0.25, 0.3) is 0 Å². The maximum Gasteiger partial charge on any atom is 0.330 e. The average Bonchev–Trinajstić information content (AvgIpc) is 2.52. The number of amides is 1. The number of carboxylic acids is 1. The summed E-state index contributed by atoms with van der Waals surface area (Å²) in [5.41, 5.74) is 1.36. The highest BCUT2D eigenvalue weighted by molar-refractivity contribution is 5.84. The van der Waals surface area contributed by atoms with Gasteiger partial charge in [-0.2, -0.15) is 0 Å². The smallest absolute Gasteiger partial charge is 0.330 e. The maximum atomic E-state index is 11.9. The summed E-state index contributed by atoms with van der Waals surface area (Å²) in [4.78, 5) is 27.3. The van der Waals surface area contributed by atoms with E-state index in [0.717, 1.165) is 5.69 Å². The average molecular weight is 284 g/mol. The Morgan fingerprint density at radius 2 is 1.81 bits per heavy atom. The topological polar surface area (TPSA) is 79.3 Å². The Morgan fingerprint density at radius 3 is 2.43 bits per heavy atom. The van der Waals surface area contributed by atoms with Crippen LogP contribution in [0.1, 0.15) is 23.7 Å². The fraction of sp³-hybridized carbons (Fsp3) is 0.188. The molecule has 1 aromatic carbocycles. The number of pyridine rings is 1. The van der Waals surface area contributed by atoms with Crippen LogP contribution >= 0.6 is 0 Å². The normalized spacial score (nSPS) is 11.6. The van der Waals surface area contributed by atoms with Gasteiger partial charge in [0, 0.05) is 18.3 Å². The molecule has 0 aliphatic heterocycles. The van der Waals surface area contributed by atoms with E-state index in [1.54, 1.807) is 42.6 Å². The summed E-state index contributed by atoms with van der Waals surface area (Å²) in [5.74, 6) is -1.38. The predicted octanol–water partition coefficient (Wildman–Crippen LogP) is 1.96. The number of carbonyl (C=O) groups excluding carboxylic acids is 1. The first-order chi connectivity index (χ1) is 10.2. The largest absolute Gasteiger partial charge is 0.479 e. The number of rotatable bonds is 6. The Hall–Kier alpha value is -2.69. The number of carbonyl (C=O) groups is 2. The van der Waals surface area contributed by atoms with Crippen molar-refractivity contribution in [3.05, 3.63) is 66.0 Å². The molecule has 1 amide bonds. The van der Waals surface area contributed by atoms with Crippen molar-refractivity contribution in [3.8, 4) is 0 Å². The zero-order valence-corrected chi connectivity index (χ0v) is 11.4. The van der Waals surface area contributed by atoms with Gasteiger partial charge >= 0.3 is 5.97 Å². The quantitative estimate of drug-likeness (QED) is 0.849. The number of carboxylic acid groups (broad SMARTS) is 1. The van der Waals surface area contributed by atoms with Crippen LogP contribution < -0.4 is 5.32 Å². The molecule has 0 spiro atoms. The molecular weight excluding hydrogens is 268 g/mol. The monoisotopic (exact) mass is 284 g/mol. The van der Waals surface area contributed by atoms with E-state index in [2.05, 4.69) is 10.3 Å². The Morgan fingerprint density at radius 1 is 1.10 bits per heavy atom. The second kappa shape index (κ2) is 7.19. The van der Waals surface area contributed by atoms with Crippen LogP contribution in [0.2, 0.25) is 0 Å². The maximum absolute atomic E-state index is 11.9. The van der Waals surface area contributed by atoms with Crippen LogP contribution in [0.5, 0.6) is 0 Å². The van der Waals surface area contributed by atoms with Crippen molar-refractivity contribution in [2.75, 3.05) is 0 Å². The molecule has 0 aliphatic carbocycles. The molecule has 0 aliphatic rings. The second-order valence-electron chi connectivity index (χ2n) is 4.57. The molecule has 2 aromatic rings. The Bertz CT molecular complexity index is 599. The highest BCUT2D eigenvalue weighted by atomic mass is 16.4. The fourth-order valence-corrected chi connectivity index (χ4v) is 1.95. The van der Waals surface area contributed by atoms with E-state index in [1.165, 1.54) is 0 Å². The molecule has 1 atom stereocenters. The van der Waals surface area contributed by atoms with Crippen molar-refractivity contribution in [3.63, 3.8) is 0 Å². The van der Waals surface area contributed by atoms with Crippen LogP contribution in [-0.2, 0) is 16.0 Å². The fourth-order valence-electron chi connectivity index (χ4n) is 1.95. The number of aryl methyl sites for hydroxylation is 1. The third-order valence-corrected chi connectivity index (χ3v) is 3.02. The van der Waals surface area contributed by atoms with Gasteiger partial charge in [0.2, 0.25) is 5.91 Å². The summed E-state index contributed by atoms with van der Waals surface area (Å²) in [5, 5.41) is 11.8. The van der Waals surface area contributed by atoms with Crippen molar-refractivity contribution in [1.29, 1.82) is 0 Å². The minimum absolute atomic E-state index is 0.202. The van der Waals surface area contributed by atoms with E-state index in [-0.39, 0.29) is 12.3 Å². The molecule has 0 saturated carbocycles. The number of aliphatic carboxylic acids is 1. The minimum atomic E-state index is -1.08. The number of nitrogens with zero attached hydrogens (tertiary/aromatic N) is 1. The van der Waals surface area contributed by atoms with E-state index in [0.29, 0.717) is 12.0 Å². The van der Waals surface area contributed by atoms with Crippen molar-refractivity contribution in [2.24, 2.45) is 0 Å². The molecule has 5 heteroatoms. The molecule has 21 heavy (non-hydrogen) atoms. The summed E-state index contributed by atoms with van der Waals surface area (Å²) in [6, 6.07) is 13.1. The van der Waals surface area contributed by atoms with Gasteiger partial charge in [-0.1, -0.05) is 36.4 Å². The van der Waals surface area contributed by atoms with Crippen LogP contribution in [0.25, 0.3) is 0 Å². The second-order valence-corrected chi connectivity index (χ2v) is 4.57. The standard InChI is InChI=1S/C16H16N2O3/c19-14(10-9-13-8-4-5-11-17-13)18-15(16(20)21)12-6-2-1-3-7-12/h1-8,11,15H,9-10H2,(H,18,19)(H,20,21)/t15-/m0/s1. The van der Waals surface area contributed by atoms with Crippen LogP contribution in [0, 0.1) is 0 Å². The molecule has 1 heterocycles. The zero-order valence-electron chi connectivity index (χ0n) is 11.4. The lowest BCUT2D eigenvalue weighted by Gasteiger charge is -2.14. The van der Waals surface area contributed by atoms with Crippen molar-refractivity contribution < 1.29 is 14.7 Å². The summed E-state index contributed by atoms with van der Waals surface area (Å²) >= 11 is 0. The third kappa shape index (κ3) is 4.42. The van der Waals surface area contributed by atoms with Gasteiger partial charge in [-0.15, -0.1) is 0 Å². The number of benzene rings is 1. The Balaban J connectivity index is 1.95. The molecular formula is C16H16N2O3. The first-order valence-electron chi connectivity index (χ1n) is 6.64. The number of hydrogen-bond acceptors (Lipinski definition) is 3. The van der Waals surface area contributed by atoms with E-state index in [4.69, 9.17) is 0 Å². The minimum Gasteiger partial charge on any atom is -0.479 e. The molecule has 0 bridgehead atoms. The molecule has 0 radical (unpaired) electrons. The van der Waals surface area contributed by atoms with Crippen molar-refractivity contribution in [1.82, 2.24) is 10.3 Å². The van der Waals surface area contributed by atoms with E-state index in [9.17, 15) is 14.7 Å². The summed E-state index contributed by atoms with van der Waals surface area (Å²) in [6.45, 7) is 0.